The number of benzene rings is 1. The van der Waals surface area contributed by atoms with Gasteiger partial charge in [-0.25, -0.2) is 0 Å². The molecule has 0 aromatic heterocycles. The summed E-state index contributed by atoms with van der Waals surface area (Å²) >= 11 is 5.93. The van der Waals surface area contributed by atoms with Gasteiger partial charge in [-0.3, -0.25) is 4.79 Å². The summed E-state index contributed by atoms with van der Waals surface area (Å²) in [7, 11) is 0. The highest BCUT2D eigenvalue weighted by Gasteiger charge is 2.22. The third-order valence-electron chi connectivity index (χ3n) is 3.16. The van der Waals surface area contributed by atoms with Crippen LogP contribution in [-0.2, 0) is 0 Å². The first-order valence-corrected chi connectivity index (χ1v) is 7.19. The summed E-state index contributed by atoms with van der Waals surface area (Å²) in [6.07, 6.45) is 1.07. The van der Waals surface area contributed by atoms with Gasteiger partial charge in [-0.2, -0.15) is 0 Å². The highest BCUT2D eigenvalue weighted by atomic mass is 35.5. The molecule has 0 bridgehead atoms. The number of nitrogens with zero attached hydrogens (tertiary/aromatic N) is 1. The van der Waals surface area contributed by atoms with Crippen molar-refractivity contribution in [2.45, 2.75) is 39.7 Å². The van der Waals surface area contributed by atoms with Crippen LogP contribution in [0, 0.1) is 6.92 Å². The molecule has 19 heavy (non-hydrogen) atoms. The van der Waals surface area contributed by atoms with Gasteiger partial charge in [0.1, 0.15) is 0 Å². The maximum absolute atomic E-state index is 12.2. The van der Waals surface area contributed by atoms with Crippen molar-refractivity contribution in [1.29, 1.82) is 0 Å². The fraction of sp³-hybridized carbons (Fsp3) is 0.533. The number of carbonyl (C=O) groups excluding carboxylic acids is 1. The fourth-order valence-electron chi connectivity index (χ4n) is 2.03. The van der Waals surface area contributed by atoms with E-state index in [0.29, 0.717) is 36.5 Å². The lowest BCUT2D eigenvalue weighted by molar-refractivity contribution is 0.0546. The Kier molecular flexibility index (Phi) is 6.32. The van der Waals surface area contributed by atoms with E-state index in [1.807, 2.05) is 26.8 Å². The van der Waals surface area contributed by atoms with Crippen LogP contribution in [0.5, 0.6) is 0 Å². The van der Waals surface area contributed by atoms with Crippen LogP contribution in [0.25, 0.3) is 0 Å². The number of aryl methyl sites for hydroxylation is 1. The maximum Gasteiger partial charge on any atom is 0.253 e. The Morgan fingerprint density at radius 3 is 2.42 bits per heavy atom. The Bertz CT molecular complexity index is 426. The van der Waals surface area contributed by atoms with Crippen molar-refractivity contribution in [1.82, 2.24) is 4.90 Å². The van der Waals surface area contributed by atoms with Crippen LogP contribution in [0.2, 0.25) is 5.02 Å². The minimum absolute atomic E-state index is 0.0247. The van der Waals surface area contributed by atoms with E-state index in [2.05, 4.69) is 0 Å². The van der Waals surface area contributed by atoms with E-state index < -0.39 is 0 Å². The third-order valence-corrected chi connectivity index (χ3v) is 3.58. The number of rotatable bonds is 1. The average molecular weight is 284 g/mol. The van der Waals surface area contributed by atoms with Crippen molar-refractivity contribution in [3.63, 3.8) is 0 Å². The molecule has 1 N–H and O–H groups in total. The monoisotopic (exact) mass is 283 g/mol. The molecular weight excluding hydrogens is 262 g/mol. The molecule has 0 radical (unpaired) electrons. The van der Waals surface area contributed by atoms with Crippen molar-refractivity contribution >= 4 is 17.5 Å². The lowest BCUT2D eigenvalue weighted by atomic mass is 10.1. The zero-order valence-electron chi connectivity index (χ0n) is 11.8. The molecule has 1 amide bonds. The van der Waals surface area contributed by atoms with Gasteiger partial charge in [-0.1, -0.05) is 25.4 Å². The number of hydrogen-bond donors (Lipinski definition) is 1. The summed E-state index contributed by atoms with van der Waals surface area (Å²) in [4.78, 5) is 14.0. The first kappa shape index (κ1) is 16.0. The van der Waals surface area contributed by atoms with Crippen LogP contribution in [-0.4, -0.2) is 35.1 Å². The summed E-state index contributed by atoms with van der Waals surface area (Å²) in [5, 5.41) is 10.1. The first-order valence-electron chi connectivity index (χ1n) is 6.81. The molecule has 4 heteroatoms. The fourth-order valence-corrected chi connectivity index (χ4v) is 2.15. The van der Waals surface area contributed by atoms with Crippen LogP contribution in [0.15, 0.2) is 18.2 Å². The van der Waals surface area contributed by atoms with Gasteiger partial charge in [0.15, 0.2) is 0 Å². The van der Waals surface area contributed by atoms with E-state index in [-0.39, 0.29) is 12.0 Å². The summed E-state index contributed by atoms with van der Waals surface area (Å²) < 4.78 is 0. The van der Waals surface area contributed by atoms with E-state index >= 15 is 0 Å². The molecule has 2 rings (SSSR count). The van der Waals surface area contributed by atoms with Crippen LogP contribution < -0.4 is 0 Å². The third kappa shape index (κ3) is 4.22. The number of halogens is 1. The smallest absolute Gasteiger partial charge is 0.253 e. The molecule has 106 valence electrons. The van der Waals surface area contributed by atoms with E-state index in [9.17, 15) is 9.90 Å². The van der Waals surface area contributed by atoms with Gasteiger partial charge >= 0.3 is 0 Å². The minimum Gasteiger partial charge on any atom is -0.393 e. The molecule has 0 aliphatic carbocycles. The second-order valence-electron chi connectivity index (χ2n) is 4.49. The molecule has 1 heterocycles. The highest BCUT2D eigenvalue weighted by Crippen LogP contribution is 2.19. The Morgan fingerprint density at radius 2 is 1.89 bits per heavy atom. The Morgan fingerprint density at radius 1 is 1.32 bits per heavy atom. The zero-order valence-corrected chi connectivity index (χ0v) is 12.6. The van der Waals surface area contributed by atoms with Crippen molar-refractivity contribution < 1.29 is 9.90 Å². The van der Waals surface area contributed by atoms with Crippen LogP contribution in [0.4, 0.5) is 0 Å². The number of aliphatic hydroxyl groups excluding tert-OH is 1. The van der Waals surface area contributed by atoms with E-state index in [0.717, 1.165) is 5.56 Å². The molecule has 1 fully saturated rings. The molecule has 1 aromatic carbocycles. The number of amides is 1. The van der Waals surface area contributed by atoms with Crippen LogP contribution >= 0.6 is 11.6 Å². The lowest BCUT2D eigenvalue weighted by Gasteiger charge is -2.29. The van der Waals surface area contributed by atoms with E-state index in [1.165, 1.54) is 0 Å². The first-order chi connectivity index (χ1) is 9.08. The predicted octanol–water partition coefficient (Wildman–Crippen LogP) is 3.27. The number of hydrogen-bond acceptors (Lipinski definition) is 2. The van der Waals surface area contributed by atoms with Crippen molar-refractivity contribution in [2.24, 2.45) is 0 Å². The number of likely N-dealkylation sites (tertiary alicyclic amines) is 1. The van der Waals surface area contributed by atoms with Crippen molar-refractivity contribution in [3.05, 3.63) is 34.3 Å². The quantitative estimate of drug-likeness (QED) is 0.859. The number of aliphatic hydroxyl groups is 1. The standard InChI is InChI=1S/C13H16ClNO2.C2H6/c1-9-8-10(2-3-12(9)14)13(17)15-6-4-11(16)5-7-15;1-2/h2-3,8,11,16H,4-7H2,1H3;1-2H3. The van der Waals surface area contributed by atoms with Crippen LogP contribution in [0.1, 0.15) is 42.6 Å². The normalized spacial score (nSPS) is 15.7. The molecule has 1 aliphatic rings. The zero-order chi connectivity index (χ0) is 14.4. The maximum atomic E-state index is 12.2. The number of piperidine rings is 1. The molecule has 0 atom stereocenters. The Labute approximate surface area is 120 Å². The molecule has 0 unspecified atom stereocenters. The van der Waals surface area contributed by atoms with Gasteiger partial charge in [0.2, 0.25) is 0 Å². The van der Waals surface area contributed by atoms with Crippen LogP contribution in [0.3, 0.4) is 0 Å². The van der Waals surface area contributed by atoms with E-state index in [4.69, 9.17) is 11.6 Å². The lowest BCUT2D eigenvalue weighted by Crippen LogP contribution is -2.40. The minimum atomic E-state index is -0.258. The average Bonchev–Trinajstić information content (AvgIpc) is 2.44. The van der Waals surface area contributed by atoms with Crippen molar-refractivity contribution in [3.8, 4) is 0 Å². The van der Waals surface area contributed by atoms with Gasteiger partial charge in [0, 0.05) is 23.7 Å². The predicted molar refractivity (Wildman–Crippen MR) is 78.7 cm³/mol. The largest absolute Gasteiger partial charge is 0.393 e. The molecule has 3 nitrogen and oxygen atoms in total. The van der Waals surface area contributed by atoms with Crippen molar-refractivity contribution in [2.75, 3.05) is 13.1 Å². The topological polar surface area (TPSA) is 40.5 Å². The van der Waals surface area contributed by atoms with Gasteiger partial charge in [0.05, 0.1) is 6.10 Å². The van der Waals surface area contributed by atoms with E-state index in [1.54, 1.807) is 17.0 Å². The van der Waals surface area contributed by atoms with Gasteiger partial charge in [-0.05, 0) is 43.5 Å². The van der Waals surface area contributed by atoms with Gasteiger partial charge < -0.3 is 10.0 Å². The molecule has 1 aromatic rings. The Hall–Kier alpha value is -1.06. The summed E-state index contributed by atoms with van der Waals surface area (Å²) in [5.74, 6) is 0.0247. The second kappa shape index (κ2) is 7.51. The van der Waals surface area contributed by atoms with Gasteiger partial charge in [-0.15, -0.1) is 0 Å². The molecule has 0 spiro atoms. The molecule has 1 aliphatic heterocycles. The molecule has 1 saturated heterocycles. The second-order valence-corrected chi connectivity index (χ2v) is 4.89. The Balaban J connectivity index is 0.000000861. The SMILES string of the molecule is CC.Cc1cc(C(=O)N2CCC(O)CC2)ccc1Cl. The summed E-state index contributed by atoms with van der Waals surface area (Å²) in [6.45, 7) is 7.14. The highest BCUT2D eigenvalue weighted by molar-refractivity contribution is 6.31. The molecule has 0 saturated carbocycles. The summed E-state index contributed by atoms with van der Waals surface area (Å²) in [6, 6.07) is 5.32. The number of carbonyl (C=O) groups is 1. The molecular formula is C15H22ClNO2. The summed E-state index contributed by atoms with van der Waals surface area (Å²) in [5.41, 5.74) is 1.58. The van der Waals surface area contributed by atoms with Gasteiger partial charge in [0.25, 0.3) is 5.91 Å².